The molecule has 0 saturated heterocycles. The summed E-state index contributed by atoms with van der Waals surface area (Å²) in [6.45, 7) is 3.44. The molecule has 4 rings (SSSR count). The second-order valence-corrected chi connectivity index (χ2v) is 8.16. The van der Waals surface area contributed by atoms with Gasteiger partial charge in [-0.25, -0.2) is 9.97 Å². The first-order valence-corrected chi connectivity index (χ1v) is 10.7. The van der Waals surface area contributed by atoms with Crippen molar-refractivity contribution in [3.8, 4) is 0 Å². The molecule has 0 saturated carbocycles. The third-order valence-corrected chi connectivity index (χ3v) is 5.93. The molecule has 1 amide bonds. The number of fused-ring (bicyclic) bond motifs is 1. The topological polar surface area (TPSA) is 64.2 Å². The summed E-state index contributed by atoms with van der Waals surface area (Å²) >= 11 is 4.80. The number of carbonyl (C=O) groups excluding carboxylic acids is 1. The molecule has 1 aromatic carbocycles. The van der Waals surface area contributed by atoms with Gasteiger partial charge in [-0.3, -0.25) is 9.69 Å². The zero-order chi connectivity index (χ0) is 19.5. The maximum atomic E-state index is 13.1. The Kier molecular flexibility index (Phi) is 5.59. The Morgan fingerprint density at radius 1 is 1.32 bits per heavy atom. The first-order chi connectivity index (χ1) is 13.6. The van der Waals surface area contributed by atoms with Gasteiger partial charge < -0.3 is 8.98 Å². The first-order valence-electron chi connectivity index (χ1n) is 9.06. The van der Waals surface area contributed by atoms with E-state index in [-0.39, 0.29) is 5.91 Å². The minimum absolute atomic E-state index is 0.189. The van der Waals surface area contributed by atoms with Crippen LogP contribution in [0, 0.1) is 0 Å². The SMILES string of the molecule is CCc1ccc2nc(N(CCCn3ccnc3)C(=O)c3ccc(Br)o3)sc2c1. The van der Waals surface area contributed by atoms with Crippen molar-refractivity contribution < 1.29 is 9.21 Å². The van der Waals surface area contributed by atoms with E-state index in [9.17, 15) is 4.79 Å². The number of nitrogens with zero attached hydrogens (tertiary/aromatic N) is 4. The number of halogens is 1. The smallest absolute Gasteiger partial charge is 0.295 e. The quantitative estimate of drug-likeness (QED) is 0.384. The van der Waals surface area contributed by atoms with Crippen molar-refractivity contribution in [3.05, 3.63) is 65.0 Å². The minimum atomic E-state index is -0.189. The molecule has 0 aliphatic carbocycles. The van der Waals surface area contributed by atoms with E-state index in [1.54, 1.807) is 29.6 Å². The van der Waals surface area contributed by atoms with Gasteiger partial charge in [-0.1, -0.05) is 24.3 Å². The van der Waals surface area contributed by atoms with Crippen molar-refractivity contribution in [1.29, 1.82) is 0 Å². The molecule has 28 heavy (non-hydrogen) atoms. The Hall–Kier alpha value is -2.45. The van der Waals surface area contributed by atoms with Crippen LogP contribution in [0.5, 0.6) is 0 Å². The summed E-state index contributed by atoms with van der Waals surface area (Å²) < 4.78 is 9.11. The molecule has 0 spiro atoms. The predicted molar refractivity (Wildman–Crippen MR) is 114 cm³/mol. The average molecular weight is 459 g/mol. The highest BCUT2D eigenvalue weighted by atomic mass is 79.9. The molecule has 0 radical (unpaired) electrons. The molecule has 0 aliphatic heterocycles. The minimum Gasteiger partial charge on any atom is -0.444 e. The Morgan fingerprint density at radius 3 is 2.93 bits per heavy atom. The van der Waals surface area contributed by atoms with Crippen molar-refractivity contribution >= 4 is 48.5 Å². The molecule has 3 aromatic heterocycles. The lowest BCUT2D eigenvalue weighted by molar-refractivity contribution is 0.0958. The number of aryl methyl sites for hydroxylation is 2. The number of thiazole rings is 1. The summed E-state index contributed by atoms with van der Waals surface area (Å²) in [6, 6.07) is 9.65. The lowest BCUT2D eigenvalue weighted by Crippen LogP contribution is -2.32. The average Bonchev–Trinajstić information content (AvgIpc) is 3.44. The van der Waals surface area contributed by atoms with Gasteiger partial charge in [0.15, 0.2) is 15.6 Å². The van der Waals surface area contributed by atoms with E-state index in [0.717, 1.165) is 29.6 Å². The number of imidazole rings is 1. The molecule has 0 unspecified atom stereocenters. The Morgan fingerprint density at radius 2 is 2.21 bits per heavy atom. The monoisotopic (exact) mass is 458 g/mol. The van der Waals surface area contributed by atoms with Crippen molar-refractivity contribution in [3.63, 3.8) is 0 Å². The van der Waals surface area contributed by atoms with Crippen LogP contribution in [0.3, 0.4) is 0 Å². The van der Waals surface area contributed by atoms with Crippen LogP contribution in [-0.4, -0.2) is 27.0 Å². The number of aromatic nitrogens is 3. The van der Waals surface area contributed by atoms with E-state index < -0.39 is 0 Å². The summed E-state index contributed by atoms with van der Waals surface area (Å²) in [5, 5.41) is 0.686. The Labute approximate surface area is 174 Å². The normalized spacial score (nSPS) is 11.2. The summed E-state index contributed by atoms with van der Waals surface area (Å²) in [5.41, 5.74) is 2.17. The fourth-order valence-corrected chi connectivity index (χ4v) is 4.33. The van der Waals surface area contributed by atoms with Crippen molar-refractivity contribution in [1.82, 2.24) is 14.5 Å². The molecular weight excluding hydrogens is 440 g/mol. The van der Waals surface area contributed by atoms with E-state index >= 15 is 0 Å². The number of rotatable bonds is 7. The number of benzene rings is 1. The van der Waals surface area contributed by atoms with Crippen LogP contribution in [0.2, 0.25) is 0 Å². The molecular formula is C20H19BrN4O2S. The van der Waals surface area contributed by atoms with Gasteiger partial charge in [-0.05, 0) is 58.6 Å². The molecule has 0 N–H and O–H groups in total. The predicted octanol–water partition coefficient (Wildman–Crippen LogP) is 5.15. The van der Waals surface area contributed by atoms with Crippen LogP contribution in [0.25, 0.3) is 10.2 Å². The van der Waals surface area contributed by atoms with Gasteiger partial charge in [0.25, 0.3) is 5.91 Å². The number of carbonyl (C=O) groups is 1. The van der Waals surface area contributed by atoms with Crippen LogP contribution in [0.15, 0.2) is 58.1 Å². The molecule has 0 fully saturated rings. The largest absolute Gasteiger partial charge is 0.444 e. The van der Waals surface area contributed by atoms with Crippen molar-refractivity contribution in [2.45, 2.75) is 26.3 Å². The number of anilines is 1. The molecule has 4 aromatic rings. The fourth-order valence-electron chi connectivity index (χ4n) is 2.97. The summed E-state index contributed by atoms with van der Waals surface area (Å²) in [4.78, 5) is 23.6. The summed E-state index contributed by atoms with van der Waals surface area (Å²) in [5.74, 6) is 0.106. The molecule has 0 atom stereocenters. The van der Waals surface area contributed by atoms with Gasteiger partial charge >= 0.3 is 0 Å². The molecule has 0 bridgehead atoms. The zero-order valence-corrected chi connectivity index (χ0v) is 17.7. The van der Waals surface area contributed by atoms with E-state index in [2.05, 4.69) is 40.0 Å². The maximum absolute atomic E-state index is 13.1. The third kappa shape index (κ3) is 4.02. The van der Waals surface area contributed by atoms with Gasteiger partial charge in [-0.15, -0.1) is 0 Å². The van der Waals surface area contributed by atoms with E-state index in [1.165, 1.54) is 16.9 Å². The molecule has 3 heterocycles. The fraction of sp³-hybridized carbons (Fsp3) is 0.250. The van der Waals surface area contributed by atoms with Gasteiger partial charge in [0.05, 0.1) is 16.5 Å². The van der Waals surface area contributed by atoms with E-state index in [4.69, 9.17) is 9.40 Å². The van der Waals surface area contributed by atoms with Gasteiger partial charge in [-0.2, -0.15) is 0 Å². The van der Waals surface area contributed by atoms with Gasteiger partial charge in [0.2, 0.25) is 0 Å². The van der Waals surface area contributed by atoms with Crippen LogP contribution in [-0.2, 0) is 13.0 Å². The van der Waals surface area contributed by atoms with E-state index in [0.29, 0.717) is 22.1 Å². The molecule has 6 nitrogen and oxygen atoms in total. The zero-order valence-electron chi connectivity index (χ0n) is 15.3. The van der Waals surface area contributed by atoms with Crippen LogP contribution >= 0.6 is 27.3 Å². The van der Waals surface area contributed by atoms with Crippen LogP contribution in [0.4, 0.5) is 5.13 Å². The molecule has 144 valence electrons. The lowest BCUT2D eigenvalue weighted by Gasteiger charge is -2.18. The highest BCUT2D eigenvalue weighted by Crippen LogP contribution is 2.31. The summed E-state index contributed by atoms with van der Waals surface area (Å²) in [6.07, 6.45) is 7.19. The van der Waals surface area contributed by atoms with E-state index in [1.807, 2.05) is 16.8 Å². The number of amides is 1. The molecule has 0 aliphatic rings. The Bertz CT molecular complexity index is 1090. The lowest BCUT2D eigenvalue weighted by atomic mass is 10.2. The standard InChI is InChI=1S/C20H19BrN4O2S/c1-2-14-4-5-15-17(12-14)28-20(23-15)25(10-3-9-24-11-8-22-13-24)19(26)16-6-7-18(21)27-16/h4-8,11-13H,2-3,9-10H2,1H3. The summed E-state index contributed by atoms with van der Waals surface area (Å²) in [7, 11) is 0. The second kappa shape index (κ2) is 8.28. The van der Waals surface area contributed by atoms with Crippen molar-refractivity contribution in [2.24, 2.45) is 0 Å². The van der Waals surface area contributed by atoms with Gasteiger partial charge in [0.1, 0.15) is 0 Å². The molecule has 8 heteroatoms. The van der Waals surface area contributed by atoms with Gasteiger partial charge in [0, 0.05) is 25.5 Å². The van der Waals surface area contributed by atoms with Crippen LogP contribution < -0.4 is 4.90 Å². The van der Waals surface area contributed by atoms with Crippen LogP contribution in [0.1, 0.15) is 29.5 Å². The maximum Gasteiger partial charge on any atom is 0.295 e. The number of furan rings is 1. The number of hydrogen-bond acceptors (Lipinski definition) is 5. The highest BCUT2D eigenvalue weighted by molar-refractivity contribution is 9.10. The van der Waals surface area contributed by atoms with Crippen molar-refractivity contribution in [2.75, 3.05) is 11.4 Å². The first kappa shape index (κ1) is 18.9. The third-order valence-electron chi connectivity index (χ3n) is 4.47. The highest BCUT2D eigenvalue weighted by Gasteiger charge is 2.23. The number of hydrogen-bond donors (Lipinski definition) is 0. The second-order valence-electron chi connectivity index (χ2n) is 6.37. The Balaban J connectivity index is 1.62.